The second kappa shape index (κ2) is 10.5. The van der Waals surface area contributed by atoms with Crippen LogP contribution in [-0.2, 0) is 0 Å². The van der Waals surface area contributed by atoms with E-state index >= 15 is 0 Å². The van der Waals surface area contributed by atoms with Gasteiger partial charge in [0.2, 0.25) is 0 Å². The predicted octanol–water partition coefficient (Wildman–Crippen LogP) is 13.9. The van der Waals surface area contributed by atoms with Gasteiger partial charge < -0.3 is 4.90 Å². The first kappa shape index (κ1) is 26.7. The third kappa shape index (κ3) is 4.35. The molecule has 0 saturated carbocycles. The summed E-state index contributed by atoms with van der Waals surface area (Å²) in [6.45, 7) is 0. The Bertz CT molecular complexity index is 2820. The van der Waals surface area contributed by atoms with Crippen molar-refractivity contribution in [3.63, 3.8) is 0 Å². The zero-order chi connectivity index (χ0) is 30.9. The molecule has 0 aliphatic carbocycles. The Labute approximate surface area is 280 Å². The maximum atomic E-state index is 2.43. The van der Waals surface area contributed by atoms with Crippen LogP contribution in [0.1, 0.15) is 0 Å². The number of anilines is 3. The molecule has 0 saturated heterocycles. The fraction of sp³-hybridized carbons (Fsp3) is 0. The van der Waals surface area contributed by atoms with E-state index in [2.05, 4.69) is 169 Å². The summed E-state index contributed by atoms with van der Waals surface area (Å²) in [4.78, 5) is 2.43. The van der Waals surface area contributed by atoms with Crippen LogP contribution >= 0.6 is 22.7 Å². The minimum absolute atomic E-state index is 1.15. The smallest absolute Gasteiger partial charge is 0.0540 e. The number of hydrogen-bond donors (Lipinski definition) is 0. The van der Waals surface area contributed by atoms with E-state index in [0.29, 0.717) is 0 Å². The molecule has 0 aliphatic rings. The van der Waals surface area contributed by atoms with Crippen molar-refractivity contribution in [1.29, 1.82) is 0 Å². The molecule has 47 heavy (non-hydrogen) atoms. The lowest BCUT2D eigenvalue weighted by atomic mass is 9.99. The monoisotopic (exact) mass is 633 g/mol. The number of hydrogen-bond acceptors (Lipinski definition) is 3. The summed E-state index contributed by atoms with van der Waals surface area (Å²) in [5.41, 5.74) is 5.97. The number of nitrogens with zero attached hydrogens (tertiary/aromatic N) is 1. The van der Waals surface area contributed by atoms with Crippen molar-refractivity contribution in [3.05, 3.63) is 164 Å². The predicted molar refractivity (Wildman–Crippen MR) is 207 cm³/mol. The van der Waals surface area contributed by atoms with Crippen LogP contribution in [0, 0.1) is 0 Å². The number of fused-ring (bicyclic) bond motifs is 8. The van der Waals surface area contributed by atoms with Gasteiger partial charge in [0.25, 0.3) is 0 Å². The van der Waals surface area contributed by atoms with Crippen molar-refractivity contribution in [1.82, 2.24) is 0 Å². The Morgan fingerprint density at radius 1 is 0.319 bits per heavy atom. The van der Waals surface area contributed by atoms with Crippen LogP contribution in [0.4, 0.5) is 17.1 Å². The molecule has 0 aliphatic heterocycles. The molecule has 8 aromatic carbocycles. The summed E-state index contributed by atoms with van der Waals surface area (Å²) >= 11 is 3.73. The Morgan fingerprint density at radius 2 is 0.851 bits per heavy atom. The van der Waals surface area contributed by atoms with Gasteiger partial charge >= 0.3 is 0 Å². The molecule has 0 radical (unpaired) electrons. The van der Waals surface area contributed by atoms with E-state index in [9.17, 15) is 0 Å². The number of rotatable bonds is 4. The van der Waals surface area contributed by atoms with Crippen LogP contribution < -0.4 is 4.90 Å². The van der Waals surface area contributed by atoms with E-state index in [1.807, 2.05) is 22.7 Å². The van der Waals surface area contributed by atoms with Crippen molar-refractivity contribution >= 4 is 102 Å². The first-order chi connectivity index (χ1) is 23.3. The molecule has 3 heteroatoms. The average molecular weight is 634 g/mol. The molecule has 0 unspecified atom stereocenters. The molecule has 220 valence electrons. The van der Waals surface area contributed by atoms with Crippen molar-refractivity contribution in [2.24, 2.45) is 0 Å². The van der Waals surface area contributed by atoms with E-state index < -0.39 is 0 Å². The van der Waals surface area contributed by atoms with Crippen LogP contribution in [0.25, 0.3) is 73.0 Å². The lowest BCUT2D eigenvalue weighted by Crippen LogP contribution is -2.10. The number of thiophene rings is 2. The highest BCUT2D eigenvalue weighted by Crippen LogP contribution is 2.44. The molecule has 0 amide bonds. The third-order valence-electron chi connectivity index (χ3n) is 9.42. The second-order valence-electron chi connectivity index (χ2n) is 12.2. The van der Waals surface area contributed by atoms with Crippen molar-refractivity contribution in [2.75, 3.05) is 4.90 Å². The van der Waals surface area contributed by atoms with Gasteiger partial charge in [-0.2, -0.15) is 0 Å². The summed E-state index contributed by atoms with van der Waals surface area (Å²) in [5, 5.41) is 10.2. The van der Waals surface area contributed by atoms with Gasteiger partial charge in [0.05, 0.1) is 5.69 Å². The van der Waals surface area contributed by atoms with Gasteiger partial charge in [-0.05, 0) is 94.0 Å². The van der Waals surface area contributed by atoms with Gasteiger partial charge in [-0.25, -0.2) is 0 Å². The van der Waals surface area contributed by atoms with Crippen LogP contribution in [0.2, 0.25) is 0 Å². The molecule has 2 heterocycles. The first-order valence-corrected chi connectivity index (χ1v) is 17.5. The first-order valence-electron chi connectivity index (χ1n) is 15.9. The highest BCUT2D eigenvalue weighted by Gasteiger charge is 2.18. The third-order valence-corrected chi connectivity index (χ3v) is 11.7. The summed E-state index contributed by atoms with van der Waals surface area (Å²) in [6.07, 6.45) is 0. The molecule has 0 N–H and O–H groups in total. The summed E-state index contributed by atoms with van der Waals surface area (Å²) in [7, 11) is 0. The van der Waals surface area contributed by atoms with Gasteiger partial charge in [0.15, 0.2) is 0 Å². The zero-order valence-electron chi connectivity index (χ0n) is 25.4. The summed E-state index contributed by atoms with van der Waals surface area (Å²) in [6, 6.07) is 60.4. The average Bonchev–Trinajstić information content (AvgIpc) is 3.69. The van der Waals surface area contributed by atoms with Crippen LogP contribution in [-0.4, -0.2) is 0 Å². The fourth-order valence-electron chi connectivity index (χ4n) is 7.14. The summed E-state index contributed by atoms with van der Waals surface area (Å²) < 4.78 is 5.31. The normalized spacial score (nSPS) is 11.8. The standard InChI is InChI=1S/C44H27NS2/c1-2-10-35-28(8-1)9-7-13-40(35)45(34-21-23-44-39(27-34)37-12-4-6-15-42(37)47-44)33-20-18-30-24-29(16-17-31(30)25-33)32-19-22-43-38(26-32)36-11-3-5-14-41(36)46-43/h1-27H. The molecular formula is C44H27NS2. The molecule has 0 spiro atoms. The van der Waals surface area contributed by atoms with Crippen LogP contribution in [0.3, 0.4) is 0 Å². The van der Waals surface area contributed by atoms with Crippen molar-refractivity contribution < 1.29 is 0 Å². The Balaban J connectivity index is 1.13. The number of benzene rings is 8. The highest BCUT2D eigenvalue weighted by atomic mass is 32.1. The fourth-order valence-corrected chi connectivity index (χ4v) is 9.31. The SMILES string of the molecule is c1ccc2c(N(c3ccc4cc(-c5ccc6sc7ccccc7c6c5)ccc4c3)c3ccc4sc5ccccc5c4c3)cccc2c1. The van der Waals surface area contributed by atoms with E-state index in [-0.39, 0.29) is 0 Å². The lowest BCUT2D eigenvalue weighted by Gasteiger charge is -2.27. The van der Waals surface area contributed by atoms with E-state index in [1.165, 1.54) is 78.7 Å². The van der Waals surface area contributed by atoms with Crippen molar-refractivity contribution in [2.45, 2.75) is 0 Å². The maximum absolute atomic E-state index is 2.43. The van der Waals surface area contributed by atoms with Gasteiger partial charge in [-0.3, -0.25) is 0 Å². The van der Waals surface area contributed by atoms with Crippen LogP contribution in [0.5, 0.6) is 0 Å². The molecule has 0 bridgehead atoms. The molecule has 0 atom stereocenters. The maximum Gasteiger partial charge on any atom is 0.0540 e. The molecule has 10 rings (SSSR count). The molecule has 1 nitrogen and oxygen atoms in total. The molecule has 10 aromatic rings. The lowest BCUT2D eigenvalue weighted by molar-refractivity contribution is 1.31. The van der Waals surface area contributed by atoms with E-state index in [1.54, 1.807) is 0 Å². The van der Waals surface area contributed by atoms with Gasteiger partial charge in [0.1, 0.15) is 0 Å². The topological polar surface area (TPSA) is 3.24 Å². The van der Waals surface area contributed by atoms with Gasteiger partial charge in [-0.15, -0.1) is 22.7 Å². The van der Waals surface area contributed by atoms with Crippen LogP contribution in [0.15, 0.2) is 164 Å². The molecular weight excluding hydrogens is 607 g/mol. The zero-order valence-corrected chi connectivity index (χ0v) is 27.0. The van der Waals surface area contributed by atoms with E-state index in [0.717, 1.165) is 11.4 Å². The quantitative estimate of drug-likeness (QED) is 0.186. The van der Waals surface area contributed by atoms with Crippen molar-refractivity contribution in [3.8, 4) is 11.1 Å². The second-order valence-corrected chi connectivity index (χ2v) is 14.3. The van der Waals surface area contributed by atoms with Gasteiger partial charge in [0, 0.05) is 57.1 Å². The molecule has 2 aromatic heterocycles. The Morgan fingerprint density at radius 3 is 1.66 bits per heavy atom. The highest BCUT2D eigenvalue weighted by molar-refractivity contribution is 7.26. The van der Waals surface area contributed by atoms with Gasteiger partial charge in [-0.1, -0.05) is 97.1 Å². The minimum atomic E-state index is 1.15. The Kier molecular flexibility index (Phi) is 5.98. The minimum Gasteiger partial charge on any atom is -0.310 e. The Hall–Kier alpha value is -5.48. The van der Waals surface area contributed by atoms with E-state index in [4.69, 9.17) is 0 Å². The largest absolute Gasteiger partial charge is 0.310 e. The summed E-state index contributed by atoms with van der Waals surface area (Å²) in [5.74, 6) is 0. The molecule has 0 fully saturated rings.